The highest BCUT2D eigenvalue weighted by molar-refractivity contribution is 7.99. The Morgan fingerprint density at radius 1 is 1.17 bits per heavy atom. The van der Waals surface area contributed by atoms with Gasteiger partial charge in [-0.3, -0.25) is 19.3 Å². The van der Waals surface area contributed by atoms with Gasteiger partial charge in [0, 0.05) is 25.9 Å². The summed E-state index contributed by atoms with van der Waals surface area (Å²) >= 11 is 1.55. The average molecular weight is 420 g/mol. The molecule has 2 N–H and O–H groups in total. The lowest BCUT2D eigenvalue weighted by Crippen LogP contribution is -2.40. The Labute approximate surface area is 172 Å². The molecule has 156 valence electrons. The monoisotopic (exact) mass is 419 g/mol. The molecule has 3 heterocycles. The minimum absolute atomic E-state index is 0.178. The van der Waals surface area contributed by atoms with Gasteiger partial charge in [0.2, 0.25) is 17.7 Å². The molecule has 2 aromatic rings. The number of imide groups is 1. The van der Waals surface area contributed by atoms with Crippen molar-refractivity contribution < 1.29 is 14.4 Å². The highest BCUT2D eigenvalue weighted by Gasteiger charge is 2.30. The molecular formula is C18H25N7O3S. The first-order valence-corrected chi connectivity index (χ1v) is 10.7. The third kappa shape index (κ3) is 5.03. The summed E-state index contributed by atoms with van der Waals surface area (Å²) in [5.41, 5.74) is 0.703. The second kappa shape index (κ2) is 9.68. The van der Waals surface area contributed by atoms with Gasteiger partial charge in [0.05, 0.1) is 18.1 Å². The molecule has 0 radical (unpaired) electrons. The Bertz CT molecular complexity index is 898. The molecule has 0 atom stereocenters. The van der Waals surface area contributed by atoms with Crippen molar-refractivity contribution in [3.63, 3.8) is 0 Å². The van der Waals surface area contributed by atoms with Gasteiger partial charge in [-0.05, 0) is 12.2 Å². The van der Waals surface area contributed by atoms with Crippen LogP contribution < -0.4 is 10.6 Å². The van der Waals surface area contributed by atoms with Gasteiger partial charge in [0.15, 0.2) is 10.8 Å². The van der Waals surface area contributed by atoms with Crippen molar-refractivity contribution in [1.29, 1.82) is 0 Å². The fourth-order valence-electron chi connectivity index (χ4n) is 2.97. The van der Waals surface area contributed by atoms with Crippen molar-refractivity contribution >= 4 is 46.3 Å². The molecule has 10 nitrogen and oxygen atoms in total. The summed E-state index contributed by atoms with van der Waals surface area (Å²) in [5.74, 6) is 0.652. The fraction of sp³-hybridized carbons (Fsp3) is 0.556. The quantitative estimate of drug-likeness (QED) is 0.333. The van der Waals surface area contributed by atoms with Gasteiger partial charge < -0.3 is 10.6 Å². The summed E-state index contributed by atoms with van der Waals surface area (Å²) in [6, 6.07) is 0. The van der Waals surface area contributed by atoms with E-state index in [0.29, 0.717) is 23.9 Å². The zero-order chi connectivity index (χ0) is 20.8. The lowest BCUT2D eigenvalue weighted by Gasteiger charge is -2.13. The first kappa shape index (κ1) is 21.0. The van der Waals surface area contributed by atoms with E-state index in [0.717, 1.165) is 34.8 Å². The zero-order valence-corrected chi connectivity index (χ0v) is 17.4. The number of aromatic nitrogens is 4. The Hall–Kier alpha value is -2.69. The molecule has 0 unspecified atom stereocenters. The van der Waals surface area contributed by atoms with Crippen molar-refractivity contribution in [2.24, 2.45) is 0 Å². The Kier molecular flexibility index (Phi) is 7.02. The molecule has 0 aliphatic carbocycles. The number of thioether (sulfide) groups is 1. The van der Waals surface area contributed by atoms with Crippen molar-refractivity contribution in [3.05, 3.63) is 6.20 Å². The van der Waals surface area contributed by atoms with Gasteiger partial charge in [0.25, 0.3) is 0 Å². The number of fused-ring (bicyclic) bond motifs is 1. The fourth-order valence-corrected chi connectivity index (χ4v) is 3.54. The summed E-state index contributed by atoms with van der Waals surface area (Å²) < 4.78 is 1.72. The lowest BCUT2D eigenvalue weighted by atomic mass is 10.3. The summed E-state index contributed by atoms with van der Waals surface area (Å²) in [6.45, 7) is 5.42. The average Bonchev–Trinajstić information content (AvgIpc) is 3.25. The first-order valence-electron chi connectivity index (χ1n) is 9.73. The Morgan fingerprint density at radius 2 is 1.93 bits per heavy atom. The highest BCUT2D eigenvalue weighted by Crippen LogP contribution is 2.24. The zero-order valence-electron chi connectivity index (χ0n) is 16.6. The maximum Gasteiger partial charge on any atom is 0.240 e. The van der Waals surface area contributed by atoms with Crippen LogP contribution in [0.15, 0.2) is 11.4 Å². The van der Waals surface area contributed by atoms with Crippen LogP contribution in [0.25, 0.3) is 11.0 Å². The lowest BCUT2D eigenvalue weighted by molar-refractivity contribution is -0.142. The molecule has 0 bridgehead atoms. The van der Waals surface area contributed by atoms with E-state index in [1.807, 2.05) is 6.92 Å². The molecule has 1 aliphatic rings. The Balaban J connectivity index is 1.65. The van der Waals surface area contributed by atoms with E-state index in [1.54, 1.807) is 22.6 Å². The number of carbonyl (C=O) groups is 3. The molecule has 11 heteroatoms. The molecule has 1 aliphatic heterocycles. The van der Waals surface area contributed by atoms with Crippen LogP contribution in [0.4, 0.5) is 5.82 Å². The predicted octanol–water partition coefficient (Wildman–Crippen LogP) is 1.03. The Morgan fingerprint density at radius 3 is 2.62 bits per heavy atom. The van der Waals surface area contributed by atoms with Gasteiger partial charge in [0.1, 0.15) is 12.4 Å². The molecule has 0 aromatic carbocycles. The van der Waals surface area contributed by atoms with Crippen molar-refractivity contribution in [1.82, 2.24) is 30.0 Å². The number of nitrogens with zero attached hydrogens (tertiary/aromatic N) is 5. The highest BCUT2D eigenvalue weighted by atomic mass is 32.2. The van der Waals surface area contributed by atoms with E-state index >= 15 is 0 Å². The van der Waals surface area contributed by atoms with E-state index in [2.05, 4.69) is 32.6 Å². The number of likely N-dealkylation sites (tertiary alicyclic amines) is 1. The van der Waals surface area contributed by atoms with Crippen LogP contribution >= 0.6 is 11.8 Å². The summed E-state index contributed by atoms with van der Waals surface area (Å²) in [5, 5.41) is 11.9. The van der Waals surface area contributed by atoms with E-state index in [9.17, 15) is 14.4 Å². The topological polar surface area (TPSA) is 122 Å². The number of carbonyl (C=O) groups excluding carboxylic acids is 3. The third-order valence-electron chi connectivity index (χ3n) is 4.39. The number of anilines is 1. The summed E-state index contributed by atoms with van der Waals surface area (Å²) in [6.07, 6.45) is 3.05. The smallest absolute Gasteiger partial charge is 0.240 e. The van der Waals surface area contributed by atoms with Crippen LogP contribution in [0.2, 0.25) is 0 Å². The second-order valence-electron chi connectivity index (χ2n) is 6.54. The van der Waals surface area contributed by atoms with Crippen LogP contribution in [0.3, 0.4) is 0 Å². The molecule has 29 heavy (non-hydrogen) atoms. The standard InChI is InChI=1S/C18H25N7O3S/c1-3-7-20-16-12-10-21-25(17(12)23-18(22-16)29-4-2)9-8-19-13(26)11-24-14(27)5-6-15(24)28/h10H,3-9,11H2,1-2H3,(H,19,26)(H,20,22,23). The van der Waals surface area contributed by atoms with Crippen molar-refractivity contribution in [3.8, 4) is 0 Å². The predicted molar refractivity (Wildman–Crippen MR) is 109 cm³/mol. The van der Waals surface area contributed by atoms with Crippen molar-refractivity contribution in [2.45, 2.75) is 44.8 Å². The molecule has 1 fully saturated rings. The number of rotatable bonds is 10. The van der Waals surface area contributed by atoms with Crippen LogP contribution in [0.5, 0.6) is 0 Å². The van der Waals surface area contributed by atoms with Gasteiger partial charge in [-0.25, -0.2) is 14.6 Å². The van der Waals surface area contributed by atoms with Gasteiger partial charge in [-0.2, -0.15) is 5.10 Å². The normalized spacial score (nSPS) is 14.1. The number of hydrogen-bond donors (Lipinski definition) is 2. The van der Waals surface area contributed by atoms with Crippen LogP contribution in [-0.4, -0.2) is 67.8 Å². The van der Waals surface area contributed by atoms with Gasteiger partial charge >= 0.3 is 0 Å². The minimum atomic E-state index is -0.368. The first-order chi connectivity index (χ1) is 14.0. The molecule has 0 saturated carbocycles. The van der Waals surface area contributed by atoms with Crippen molar-refractivity contribution in [2.75, 3.05) is 30.7 Å². The third-order valence-corrected chi connectivity index (χ3v) is 5.12. The molecule has 3 amide bonds. The molecule has 2 aromatic heterocycles. The van der Waals surface area contributed by atoms with E-state index in [4.69, 9.17) is 0 Å². The van der Waals surface area contributed by atoms with Gasteiger partial charge in [-0.15, -0.1) is 0 Å². The van der Waals surface area contributed by atoms with Crippen LogP contribution in [-0.2, 0) is 20.9 Å². The number of amides is 3. The SMILES string of the molecule is CCCNc1nc(SCC)nc2c1cnn2CCNC(=O)CN1C(=O)CCC1=O. The molecule has 0 spiro atoms. The molecule has 1 saturated heterocycles. The van der Waals surface area contributed by atoms with Crippen LogP contribution in [0, 0.1) is 0 Å². The summed E-state index contributed by atoms with van der Waals surface area (Å²) in [4.78, 5) is 45.5. The van der Waals surface area contributed by atoms with E-state index < -0.39 is 0 Å². The largest absolute Gasteiger partial charge is 0.369 e. The molecular weight excluding hydrogens is 394 g/mol. The number of hydrogen-bond acceptors (Lipinski definition) is 8. The maximum atomic E-state index is 12.1. The number of nitrogens with one attached hydrogen (secondary N) is 2. The summed E-state index contributed by atoms with van der Waals surface area (Å²) in [7, 11) is 0. The van der Waals surface area contributed by atoms with Gasteiger partial charge in [-0.1, -0.05) is 25.6 Å². The van der Waals surface area contributed by atoms with E-state index in [-0.39, 0.29) is 37.1 Å². The van der Waals surface area contributed by atoms with Crippen LogP contribution in [0.1, 0.15) is 33.1 Å². The molecule has 3 rings (SSSR count). The maximum absolute atomic E-state index is 12.1. The second-order valence-corrected chi connectivity index (χ2v) is 7.77. The van der Waals surface area contributed by atoms with E-state index in [1.165, 1.54) is 0 Å². The minimum Gasteiger partial charge on any atom is -0.369 e.